The molecule has 0 aliphatic heterocycles. The quantitative estimate of drug-likeness (QED) is 0.372. The minimum atomic E-state index is -1.01. The van der Waals surface area contributed by atoms with E-state index in [0.717, 1.165) is 9.13 Å². The number of halogens is 1. The molecule has 9 heteroatoms. The number of nitrogens with one attached hydrogen (secondary N) is 3. The second kappa shape index (κ2) is 9.69. The fourth-order valence-electron chi connectivity index (χ4n) is 2.28. The van der Waals surface area contributed by atoms with E-state index in [-0.39, 0.29) is 5.56 Å². The van der Waals surface area contributed by atoms with Gasteiger partial charge in [-0.2, -0.15) is 10.5 Å². The molecule has 28 heavy (non-hydrogen) atoms. The Morgan fingerprint density at radius 2 is 1.79 bits per heavy atom. The summed E-state index contributed by atoms with van der Waals surface area (Å²) in [6.07, 6.45) is 0. The molecule has 0 spiro atoms. The fraction of sp³-hybridized carbons (Fsp3) is 0.158. The lowest BCUT2D eigenvalue weighted by Crippen LogP contribution is -2.50. The zero-order chi connectivity index (χ0) is 20.7. The van der Waals surface area contributed by atoms with Crippen LogP contribution in [0.15, 0.2) is 36.4 Å². The average Bonchev–Trinajstić information content (AvgIpc) is 2.73. The van der Waals surface area contributed by atoms with Gasteiger partial charge in [0.2, 0.25) is 0 Å². The van der Waals surface area contributed by atoms with Gasteiger partial charge in [0.15, 0.2) is 0 Å². The van der Waals surface area contributed by atoms with Crippen LogP contribution in [0, 0.1) is 33.2 Å². The minimum absolute atomic E-state index is 0.269. The third-order valence-electron chi connectivity index (χ3n) is 3.91. The molecule has 0 saturated carbocycles. The van der Waals surface area contributed by atoms with Crippen molar-refractivity contribution >= 4 is 40.1 Å². The Labute approximate surface area is 175 Å². The monoisotopic (exact) mass is 489 g/mol. The van der Waals surface area contributed by atoms with Crippen molar-refractivity contribution in [3.8, 4) is 12.1 Å². The molecule has 0 fully saturated rings. The van der Waals surface area contributed by atoms with Crippen LogP contribution < -0.4 is 16.2 Å². The highest BCUT2D eigenvalue weighted by molar-refractivity contribution is 14.1. The molecule has 0 bridgehead atoms. The van der Waals surface area contributed by atoms with Crippen LogP contribution in [0.1, 0.15) is 27.0 Å². The molecule has 8 nitrogen and oxygen atoms in total. The molecule has 1 unspecified atom stereocenters. The van der Waals surface area contributed by atoms with Crippen LogP contribution in [0.25, 0.3) is 0 Å². The van der Waals surface area contributed by atoms with Crippen LogP contribution in [0.2, 0.25) is 0 Å². The van der Waals surface area contributed by atoms with Gasteiger partial charge < -0.3 is 10.4 Å². The third-order valence-corrected chi connectivity index (χ3v) is 5.30. The van der Waals surface area contributed by atoms with Crippen molar-refractivity contribution in [2.75, 3.05) is 11.9 Å². The number of amides is 2. The Hall–Kier alpha value is -3.15. The summed E-state index contributed by atoms with van der Waals surface area (Å²) in [4.78, 5) is 24.4. The molecule has 0 radical (unpaired) electrons. The first-order chi connectivity index (χ1) is 13.4. The highest BCUT2D eigenvalue weighted by Crippen LogP contribution is 2.24. The van der Waals surface area contributed by atoms with Crippen LogP contribution >= 0.6 is 22.6 Å². The van der Waals surface area contributed by atoms with Gasteiger partial charge in [0.05, 0.1) is 23.8 Å². The van der Waals surface area contributed by atoms with E-state index in [0.29, 0.717) is 16.8 Å². The number of benzene rings is 2. The third kappa shape index (κ3) is 4.97. The van der Waals surface area contributed by atoms with Crippen LogP contribution in [0.5, 0.6) is 0 Å². The molecule has 0 aliphatic rings. The molecule has 2 amide bonds. The minimum Gasteiger partial charge on any atom is -0.394 e. The van der Waals surface area contributed by atoms with E-state index >= 15 is 0 Å². The number of anilines is 1. The van der Waals surface area contributed by atoms with Crippen molar-refractivity contribution in [2.45, 2.75) is 13.0 Å². The molecular formula is C19H16IN5O3. The normalized spacial score (nSPS) is 10.9. The number of aliphatic hydroxyl groups excluding tert-OH is 1. The number of nitrogens with zero attached hydrogens (tertiary/aromatic N) is 2. The van der Waals surface area contributed by atoms with E-state index in [2.05, 4.69) is 22.2 Å². The maximum Gasteiger partial charge on any atom is 0.269 e. The number of nitriles is 2. The lowest BCUT2D eigenvalue weighted by molar-refractivity contribution is -0.123. The number of hydrogen-bond donors (Lipinski definition) is 4. The summed E-state index contributed by atoms with van der Waals surface area (Å²) in [5, 5.41) is 30.3. The summed E-state index contributed by atoms with van der Waals surface area (Å²) >= 11 is 2.04. The highest BCUT2D eigenvalue weighted by Gasteiger charge is 2.20. The molecule has 0 aromatic heterocycles. The Balaban J connectivity index is 2.02. The first-order valence-electron chi connectivity index (χ1n) is 8.08. The van der Waals surface area contributed by atoms with E-state index in [1.807, 2.05) is 28.7 Å². The van der Waals surface area contributed by atoms with Gasteiger partial charge in [0.25, 0.3) is 11.8 Å². The summed E-state index contributed by atoms with van der Waals surface area (Å²) in [6.45, 7) is 1.29. The van der Waals surface area contributed by atoms with Crippen LogP contribution in [0.4, 0.5) is 5.69 Å². The van der Waals surface area contributed by atoms with E-state index in [1.54, 1.807) is 19.1 Å². The Morgan fingerprint density at radius 3 is 2.36 bits per heavy atom. The molecule has 2 aromatic carbocycles. The van der Waals surface area contributed by atoms with E-state index < -0.39 is 24.5 Å². The van der Waals surface area contributed by atoms with Gasteiger partial charge in [0.1, 0.15) is 12.1 Å². The molecule has 1 atom stereocenters. The topological polar surface area (TPSA) is 138 Å². The maximum absolute atomic E-state index is 12.3. The van der Waals surface area contributed by atoms with Gasteiger partial charge in [-0.15, -0.1) is 0 Å². The Morgan fingerprint density at radius 1 is 1.11 bits per heavy atom. The molecule has 0 saturated heterocycles. The number of aliphatic hydroxyl groups is 1. The van der Waals surface area contributed by atoms with Crippen molar-refractivity contribution in [3.05, 3.63) is 62.2 Å². The molecule has 4 N–H and O–H groups in total. The predicted molar refractivity (Wildman–Crippen MR) is 110 cm³/mol. The summed E-state index contributed by atoms with van der Waals surface area (Å²) < 4.78 is 0.747. The SMILES string of the molecule is Cc1c(NC(CO)C(=O)NNC(=O)c2ccc(C#N)cc2)ccc(C#N)c1I. The molecule has 2 aromatic rings. The van der Waals surface area contributed by atoms with Crippen molar-refractivity contribution < 1.29 is 14.7 Å². The number of hydrogen-bond acceptors (Lipinski definition) is 6. The van der Waals surface area contributed by atoms with Crippen molar-refractivity contribution in [1.29, 1.82) is 10.5 Å². The number of hydrazine groups is 1. The molecule has 2 rings (SSSR count). The lowest BCUT2D eigenvalue weighted by Gasteiger charge is -2.19. The van der Waals surface area contributed by atoms with Gasteiger partial charge in [-0.05, 0) is 71.5 Å². The lowest BCUT2D eigenvalue weighted by atomic mass is 10.1. The summed E-state index contributed by atoms with van der Waals surface area (Å²) in [5.74, 6) is -1.19. The van der Waals surface area contributed by atoms with Crippen LogP contribution in [0.3, 0.4) is 0 Å². The molecular weight excluding hydrogens is 473 g/mol. The number of rotatable bonds is 5. The largest absolute Gasteiger partial charge is 0.394 e. The Kier molecular flexibility index (Phi) is 7.32. The maximum atomic E-state index is 12.3. The van der Waals surface area contributed by atoms with E-state index in [4.69, 9.17) is 10.5 Å². The standard InChI is InChI=1S/C19H16IN5O3/c1-11-15(7-6-14(9-22)17(11)20)23-16(10-26)19(28)25-24-18(27)13-4-2-12(8-21)3-5-13/h2-7,16,23,26H,10H2,1H3,(H,24,27)(H,25,28). The average molecular weight is 489 g/mol. The first-order valence-corrected chi connectivity index (χ1v) is 9.16. The van der Waals surface area contributed by atoms with Gasteiger partial charge in [-0.25, -0.2) is 0 Å². The first kappa shape index (κ1) is 21.2. The summed E-state index contributed by atoms with van der Waals surface area (Å²) in [6, 6.07) is 12.2. The van der Waals surface area contributed by atoms with Crippen molar-refractivity contribution in [1.82, 2.24) is 10.9 Å². The smallest absolute Gasteiger partial charge is 0.269 e. The molecule has 0 heterocycles. The van der Waals surface area contributed by atoms with Crippen molar-refractivity contribution in [2.24, 2.45) is 0 Å². The Bertz CT molecular complexity index is 977. The highest BCUT2D eigenvalue weighted by atomic mass is 127. The molecule has 0 aliphatic carbocycles. The van der Waals surface area contributed by atoms with Crippen LogP contribution in [-0.4, -0.2) is 29.6 Å². The molecule has 142 valence electrons. The van der Waals surface area contributed by atoms with E-state index in [9.17, 15) is 14.7 Å². The zero-order valence-electron chi connectivity index (χ0n) is 14.8. The second-order valence-corrected chi connectivity index (χ2v) is 6.80. The second-order valence-electron chi connectivity index (χ2n) is 5.72. The summed E-state index contributed by atoms with van der Waals surface area (Å²) in [7, 11) is 0. The van der Waals surface area contributed by atoms with Gasteiger partial charge >= 0.3 is 0 Å². The van der Waals surface area contributed by atoms with Gasteiger partial charge in [0, 0.05) is 14.8 Å². The van der Waals surface area contributed by atoms with Crippen LogP contribution in [-0.2, 0) is 4.79 Å². The predicted octanol–water partition coefficient (Wildman–Crippen LogP) is 1.58. The zero-order valence-corrected chi connectivity index (χ0v) is 16.9. The summed E-state index contributed by atoms with van der Waals surface area (Å²) in [5.41, 5.74) is 7.09. The number of carbonyl (C=O) groups excluding carboxylic acids is 2. The van der Waals surface area contributed by atoms with Gasteiger partial charge in [-0.3, -0.25) is 20.4 Å². The number of carbonyl (C=O) groups is 2. The van der Waals surface area contributed by atoms with Crippen molar-refractivity contribution in [3.63, 3.8) is 0 Å². The van der Waals surface area contributed by atoms with E-state index in [1.165, 1.54) is 24.3 Å². The fourth-order valence-corrected chi connectivity index (χ4v) is 2.87. The van der Waals surface area contributed by atoms with Gasteiger partial charge in [-0.1, -0.05) is 0 Å².